The summed E-state index contributed by atoms with van der Waals surface area (Å²) in [6.07, 6.45) is 12.4. The Balaban J connectivity index is 1.39. The molecule has 0 amide bonds. The molecule has 3 aromatic rings. The Kier molecular flexibility index (Phi) is 6.67. The number of fused-ring (bicyclic) bond motifs is 1. The highest BCUT2D eigenvalue weighted by molar-refractivity contribution is 6.33. The third-order valence-corrected chi connectivity index (χ3v) is 6.09. The van der Waals surface area contributed by atoms with Gasteiger partial charge < -0.3 is 15.6 Å². The van der Waals surface area contributed by atoms with Gasteiger partial charge in [-0.1, -0.05) is 56.0 Å². The monoisotopic (exact) mass is 411 g/mol. The van der Waals surface area contributed by atoms with Crippen molar-refractivity contribution in [2.75, 3.05) is 11.9 Å². The van der Waals surface area contributed by atoms with Crippen molar-refractivity contribution in [3.8, 4) is 11.3 Å². The van der Waals surface area contributed by atoms with Crippen LogP contribution in [0.2, 0.25) is 5.02 Å². The summed E-state index contributed by atoms with van der Waals surface area (Å²) in [4.78, 5) is 12.5. The zero-order valence-electron chi connectivity index (χ0n) is 17.0. The van der Waals surface area contributed by atoms with Gasteiger partial charge in [-0.3, -0.25) is 0 Å². The topological polar surface area (TPSA) is 65.6 Å². The van der Waals surface area contributed by atoms with Crippen molar-refractivity contribution in [2.24, 2.45) is 0 Å². The number of rotatable bonds is 9. The minimum Gasteiger partial charge on any atom is -0.360 e. The van der Waals surface area contributed by atoms with E-state index in [-0.39, 0.29) is 0 Å². The van der Waals surface area contributed by atoms with Crippen LogP contribution in [0.25, 0.3) is 22.2 Å². The van der Waals surface area contributed by atoms with Crippen molar-refractivity contribution >= 4 is 28.5 Å². The molecule has 2 aromatic heterocycles. The van der Waals surface area contributed by atoms with Crippen LogP contribution in [-0.4, -0.2) is 33.6 Å². The van der Waals surface area contributed by atoms with Crippen LogP contribution in [0.4, 0.5) is 5.95 Å². The maximum atomic E-state index is 6.44. The Labute approximate surface area is 177 Å². The van der Waals surface area contributed by atoms with Gasteiger partial charge in [0.25, 0.3) is 0 Å². The third-order valence-electron chi connectivity index (χ3n) is 5.82. The normalized spacial score (nSPS) is 19.1. The van der Waals surface area contributed by atoms with E-state index in [0.29, 0.717) is 23.1 Å². The van der Waals surface area contributed by atoms with E-state index < -0.39 is 0 Å². The number of aromatic nitrogens is 3. The van der Waals surface area contributed by atoms with Gasteiger partial charge in [-0.15, -0.1) is 0 Å². The molecule has 4 rings (SSSR count). The molecule has 0 unspecified atom stereocenters. The standard InChI is InChI=1S/C23H30ClN5/c1-2-3-4-7-12-25-16-10-11-17(13-16)28-23-27-15-20(24)22(29-23)19-14-26-21-9-6-5-8-18(19)21/h5-6,8-9,14-17,25-26H,2-4,7,10-13H2,1H3,(H,27,28,29)/t16-,17-/m0/s1. The van der Waals surface area contributed by atoms with Crippen molar-refractivity contribution in [1.82, 2.24) is 20.3 Å². The SMILES string of the molecule is CCCCCCN[C@H]1CC[C@H](Nc2ncc(Cl)c(-c3c[nH]c4ccccc34)n2)C1. The van der Waals surface area contributed by atoms with E-state index >= 15 is 0 Å². The van der Waals surface area contributed by atoms with E-state index in [1.807, 2.05) is 18.3 Å². The fourth-order valence-corrected chi connectivity index (χ4v) is 4.42. The smallest absolute Gasteiger partial charge is 0.223 e. The summed E-state index contributed by atoms with van der Waals surface area (Å²) in [5.41, 5.74) is 2.86. The van der Waals surface area contributed by atoms with E-state index in [1.165, 1.54) is 32.1 Å². The molecular weight excluding hydrogens is 382 g/mol. The molecule has 2 atom stereocenters. The number of H-pyrrole nitrogens is 1. The van der Waals surface area contributed by atoms with Gasteiger partial charge in [-0.2, -0.15) is 0 Å². The number of unbranched alkanes of at least 4 members (excludes halogenated alkanes) is 3. The quantitative estimate of drug-likeness (QED) is 0.390. The summed E-state index contributed by atoms with van der Waals surface area (Å²) in [5, 5.41) is 8.93. The van der Waals surface area contributed by atoms with Crippen LogP contribution in [0.15, 0.2) is 36.7 Å². The average Bonchev–Trinajstić information content (AvgIpc) is 3.36. The maximum absolute atomic E-state index is 6.44. The zero-order valence-corrected chi connectivity index (χ0v) is 17.8. The lowest BCUT2D eigenvalue weighted by Gasteiger charge is -2.15. The number of halogens is 1. The lowest BCUT2D eigenvalue weighted by Crippen LogP contribution is -2.29. The van der Waals surface area contributed by atoms with Gasteiger partial charge in [-0.25, -0.2) is 9.97 Å². The van der Waals surface area contributed by atoms with Crippen molar-refractivity contribution < 1.29 is 0 Å². The second-order valence-corrected chi connectivity index (χ2v) is 8.41. The van der Waals surface area contributed by atoms with E-state index in [9.17, 15) is 0 Å². The molecule has 0 aliphatic heterocycles. The molecule has 1 aliphatic carbocycles. The number of hydrogen-bond donors (Lipinski definition) is 3. The van der Waals surface area contributed by atoms with E-state index in [1.54, 1.807) is 6.20 Å². The van der Waals surface area contributed by atoms with Crippen LogP contribution in [0.5, 0.6) is 0 Å². The minimum atomic E-state index is 0.403. The summed E-state index contributed by atoms with van der Waals surface area (Å²) in [6.45, 7) is 3.38. The minimum absolute atomic E-state index is 0.403. The molecule has 1 saturated carbocycles. The number of anilines is 1. The summed E-state index contributed by atoms with van der Waals surface area (Å²) >= 11 is 6.44. The Bertz CT molecular complexity index is 938. The summed E-state index contributed by atoms with van der Waals surface area (Å²) in [7, 11) is 0. The molecule has 0 spiro atoms. The molecule has 1 aliphatic rings. The number of benzene rings is 1. The van der Waals surface area contributed by atoms with Crippen LogP contribution in [0.1, 0.15) is 51.9 Å². The molecule has 0 bridgehead atoms. The van der Waals surface area contributed by atoms with Gasteiger partial charge >= 0.3 is 0 Å². The Morgan fingerprint density at radius 3 is 2.90 bits per heavy atom. The fraction of sp³-hybridized carbons (Fsp3) is 0.478. The molecule has 154 valence electrons. The van der Waals surface area contributed by atoms with Gasteiger partial charge in [0.2, 0.25) is 5.95 Å². The molecule has 5 nitrogen and oxygen atoms in total. The molecule has 1 fully saturated rings. The van der Waals surface area contributed by atoms with Crippen LogP contribution in [0, 0.1) is 0 Å². The number of hydrogen-bond acceptors (Lipinski definition) is 4. The second-order valence-electron chi connectivity index (χ2n) is 8.00. The Hall–Kier alpha value is -2.11. The summed E-state index contributed by atoms with van der Waals surface area (Å²) in [6, 6.07) is 9.18. The lowest BCUT2D eigenvalue weighted by molar-refractivity contribution is 0.499. The van der Waals surface area contributed by atoms with E-state index in [0.717, 1.165) is 41.5 Å². The van der Waals surface area contributed by atoms with Crippen molar-refractivity contribution in [2.45, 2.75) is 64.0 Å². The highest BCUT2D eigenvalue weighted by Gasteiger charge is 2.25. The van der Waals surface area contributed by atoms with Crippen LogP contribution < -0.4 is 10.6 Å². The maximum Gasteiger partial charge on any atom is 0.223 e. The highest BCUT2D eigenvalue weighted by Crippen LogP contribution is 2.32. The molecule has 29 heavy (non-hydrogen) atoms. The van der Waals surface area contributed by atoms with Crippen molar-refractivity contribution in [3.05, 3.63) is 41.7 Å². The first kappa shape index (κ1) is 20.2. The van der Waals surface area contributed by atoms with Gasteiger partial charge in [0, 0.05) is 34.7 Å². The molecule has 0 saturated heterocycles. The van der Waals surface area contributed by atoms with Gasteiger partial charge in [0.05, 0.1) is 16.9 Å². The fourth-order valence-electron chi connectivity index (χ4n) is 4.23. The molecule has 3 N–H and O–H groups in total. The van der Waals surface area contributed by atoms with Crippen LogP contribution >= 0.6 is 11.6 Å². The van der Waals surface area contributed by atoms with Gasteiger partial charge in [-0.05, 0) is 38.3 Å². The largest absolute Gasteiger partial charge is 0.360 e. The molecular formula is C23H30ClN5. The van der Waals surface area contributed by atoms with Crippen LogP contribution in [-0.2, 0) is 0 Å². The first-order valence-corrected chi connectivity index (χ1v) is 11.2. The number of para-hydroxylation sites is 1. The number of aromatic amines is 1. The Morgan fingerprint density at radius 2 is 2.00 bits per heavy atom. The molecule has 1 aromatic carbocycles. The predicted molar refractivity (Wildman–Crippen MR) is 122 cm³/mol. The highest BCUT2D eigenvalue weighted by atomic mass is 35.5. The van der Waals surface area contributed by atoms with Gasteiger partial charge in [0.15, 0.2) is 0 Å². The lowest BCUT2D eigenvalue weighted by atomic mass is 10.1. The van der Waals surface area contributed by atoms with Gasteiger partial charge in [0.1, 0.15) is 0 Å². The third kappa shape index (κ3) is 4.90. The zero-order chi connectivity index (χ0) is 20.1. The van der Waals surface area contributed by atoms with E-state index in [4.69, 9.17) is 16.6 Å². The second kappa shape index (κ2) is 9.59. The van der Waals surface area contributed by atoms with Crippen molar-refractivity contribution in [3.63, 3.8) is 0 Å². The molecule has 2 heterocycles. The first-order valence-electron chi connectivity index (χ1n) is 10.8. The van der Waals surface area contributed by atoms with Crippen LogP contribution in [0.3, 0.4) is 0 Å². The summed E-state index contributed by atoms with van der Waals surface area (Å²) < 4.78 is 0. The van der Waals surface area contributed by atoms with E-state index in [2.05, 4.69) is 39.7 Å². The molecule has 6 heteroatoms. The number of nitrogens with zero attached hydrogens (tertiary/aromatic N) is 2. The predicted octanol–water partition coefficient (Wildman–Crippen LogP) is 5.78. The molecule has 0 radical (unpaired) electrons. The van der Waals surface area contributed by atoms with Crippen molar-refractivity contribution in [1.29, 1.82) is 0 Å². The Morgan fingerprint density at radius 1 is 1.14 bits per heavy atom. The number of nitrogens with one attached hydrogen (secondary N) is 3. The summed E-state index contributed by atoms with van der Waals surface area (Å²) in [5.74, 6) is 0.656. The average molecular weight is 412 g/mol. The first-order chi connectivity index (χ1) is 14.2.